The number of aliphatic hydroxyl groups excluding tert-OH is 2. The third kappa shape index (κ3) is 3.96. The SMILES string of the molecule is CC(C)Cc1ccc(-c2ccc(O)c3c2C[C@]2(C)C[C@]4(C)[C@@H](C(C)C)C(O)[C@@H](C(N)=O)C(=O)[C@]4(O)C(O)[C@H]2C3=O)o1. The molecule has 0 radical (unpaired) electrons. The molecule has 2 unspecified atom stereocenters. The van der Waals surface area contributed by atoms with Gasteiger partial charge in [-0.05, 0) is 65.8 Å². The molecule has 1 aromatic carbocycles. The van der Waals surface area contributed by atoms with Crippen LogP contribution in [0.15, 0.2) is 28.7 Å². The molecule has 3 aliphatic rings. The number of aliphatic hydroxyl groups is 3. The third-order valence-corrected chi connectivity index (χ3v) is 10.2. The number of fused-ring (bicyclic) bond motifs is 3. The quantitative estimate of drug-likeness (QED) is 0.343. The number of nitrogens with two attached hydrogens (primary N) is 1. The number of phenols is 1. The summed E-state index contributed by atoms with van der Waals surface area (Å²) < 4.78 is 6.14. The topological polar surface area (TPSA) is 171 Å². The van der Waals surface area contributed by atoms with Crippen LogP contribution in [0.1, 0.15) is 69.6 Å². The molecule has 5 rings (SSSR count). The fourth-order valence-corrected chi connectivity index (χ4v) is 8.80. The molecule has 3 aliphatic carbocycles. The lowest BCUT2D eigenvalue weighted by atomic mass is 9.39. The highest BCUT2D eigenvalue weighted by Gasteiger charge is 2.75. The number of furan rings is 1. The monoisotopic (exact) mass is 567 g/mol. The molecule has 1 heterocycles. The summed E-state index contributed by atoms with van der Waals surface area (Å²) >= 11 is 0. The van der Waals surface area contributed by atoms with Crippen LogP contribution in [-0.2, 0) is 22.4 Å². The molecule has 2 saturated carbocycles. The molecule has 9 heteroatoms. The number of aromatic hydroxyl groups is 1. The van der Waals surface area contributed by atoms with E-state index in [0.29, 0.717) is 22.8 Å². The molecule has 1 amide bonds. The lowest BCUT2D eigenvalue weighted by molar-refractivity contribution is -0.265. The molecule has 6 N–H and O–H groups in total. The van der Waals surface area contributed by atoms with E-state index < -0.39 is 63.9 Å². The maximum Gasteiger partial charge on any atom is 0.230 e. The fourth-order valence-electron chi connectivity index (χ4n) is 8.80. The molecule has 1 aromatic heterocycles. The van der Waals surface area contributed by atoms with Gasteiger partial charge in [0, 0.05) is 17.4 Å². The van der Waals surface area contributed by atoms with Crippen molar-refractivity contribution in [3.05, 3.63) is 41.2 Å². The third-order valence-electron chi connectivity index (χ3n) is 10.2. The van der Waals surface area contributed by atoms with E-state index in [-0.39, 0.29) is 30.1 Å². The Labute approximate surface area is 239 Å². The Balaban J connectivity index is 1.69. The van der Waals surface area contributed by atoms with Gasteiger partial charge in [-0.2, -0.15) is 0 Å². The van der Waals surface area contributed by atoms with Gasteiger partial charge >= 0.3 is 0 Å². The van der Waals surface area contributed by atoms with E-state index in [2.05, 4.69) is 13.8 Å². The van der Waals surface area contributed by atoms with Crippen LogP contribution < -0.4 is 5.73 Å². The van der Waals surface area contributed by atoms with Gasteiger partial charge in [0.05, 0.1) is 17.6 Å². The van der Waals surface area contributed by atoms with Gasteiger partial charge in [0.1, 0.15) is 29.3 Å². The summed E-state index contributed by atoms with van der Waals surface area (Å²) in [6.45, 7) is 11.3. The Morgan fingerprint density at radius 3 is 2.34 bits per heavy atom. The van der Waals surface area contributed by atoms with Crippen molar-refractivity contribution in [3.63, 3.8) is 0 Å². The van der Waals surface area contributed by atoms with Crippen molar-refractivity contribution in [2.75, 3.05) is 0 Å². The molecule has 0 saturated heterocycles. The van der Waals surface area contributed by atoms with Crippen molar-refractivity contribution < 1.29 is 39.2 Å². The largest absolute Gasteiger partial charge is 0.507 e. The molecular weight excluding hydrogens is 526 g/mol. The van der Waals surface area contributed by atoms with Crippen LogP contribution in [0.5, 0.6) is 5.75 Å². The smallest absolute Gasteiger partial charge is 0.230 e. The number of phenolic OH excluding ortho intramolecular Hbond substituents is 1. The number of carbonyl (C=O) groups excluding carboxylic acids is 3. The summed E-state index contributed by atoms with van der Waals surface area (Å²) in [7, 11) is 0. The number of amides is 1. The van der Waals surface area contributed by atoms with E-state index in [4.69, 9.17) is 10.2 Å². The fraction of sp³-hybridized carbons (Fsp3) is 0.594. The zero-order valence-corrected chi connectivity index (χ0v) is 24.5. The highest BCUT2D eigenvalue weighted by molar-refractivity contribution is 6.09. The van der Waals surface area contributed by atoms with Crippen LogP contribution in [0.3, 0.4) is 0 Å². The number of primary amides is 1. The van der Waals surface area contributed by atoms with Gasteiger partial charge in [-0.1, -0.05) is 41.5 Å². The van der Waals surface area contributed by atoms with Gasteiger partial charge in [-0.25, -0.2) is 0 Å². The zero-order valence-electron chi connectivity index (χ0n) is 24.5. The first-order valence-corrected chi connectivity index (χ1v) is 14.4. The van der Waals surface area contributed by atoms with E-state index in [1.54, 1.807) is 13.0 Å². The summed E-state index contributed by atoms with van der Waals surface area (Å²) in [6, 6.07) is 6.86. The highest BCUT2D eigenvalue weighted by atomic mass is 16.4. The highest BCUT2D eigenvalue weighted by Crippen LogP contribution is 2.66. The van der Waals surface area contributed by atoms with Crippen molar-refractivity contribution in [1.29, 1.82) is 0 Å². The number of rotatable bonds is 5. The molecule has 8 atom stereocenters. The van der Waals surface area contributed by atoms with Crippen molar-refractivity contribution >= 4 is 17.5 Å². The molecule has 0 aliphatic heterocycles. The minimum Gasteiger partial charge on any atom is -0.507 e. The summed E-state index contributed by atoms with van der Waals surface area (Å²) in [6.07, 6.45) is -2.31. The molecule has 0 spiro atoms. The summed E-state index contributed by atoms with van der Waals surface area (Å²) in [5, 5.41) is 46.3. The minimum atomic E-state index is -2.53. The number of ketones is 2. The van der Waals surface area contributed by atoms with Gasteiger partial charge in [0.25, 0.3) is 0 Å². The molecule has 41 heavy (non-hydrogen) atoms. The van der Waals surface area contributed by atoms with Crippen molar-refractivity contribution in [2.45, 2.75) is 78.6 Å². The van der Waals surface area contributed by atoms with Crippen molar-refractivity contribution in [3.8, 4) is 17.1 Å². The van der Waals surface area contributed by atoms with E-state index in [1.165, 1.54) is 6.07 Å². The van der Waals surface area contributed by atoms with Gasteiger partial charge in [-0.3, -0.25) is 14.4 Å². The second-order valence-corrected chi connectivity index (χ2v) is 13.8. The van der Waals surface area contributed by atoms with Gasteiger partial charge < -0.3 is 30.6 Å². The first kappa shape index (κ1) is 29.5. The molecular formula is C32H41NO8. The predicted octanol–water partition coefficient (Wildman–Crippen LogP) is 3.03. The number of hydrogen-bond donors (Lipinski definition) is 5. The second-order valence-electron chi connectivity index (χ2n) is 13.8. The van der Waals surface area contributed by atoms with Crippen LogP contribution >= 0.6 is 0 Å². The Morgan fingerprint density at radius 1 is 1.10 bits per heavy atom. The average molecular weight is 568 g/mol. The molecule has 2 fully saturated rings. The summed E-state index contributed by atoms with van der Waals surface area (Å²) in [5.41, 5.74) is 1.85. The Hall–Kier alpha value is -3.01. The van der Waals surface area contributed by atoms with Gasteiger partial charge in [-0.15, -0.1) is 0 Å². The lowest BCUT2D eigenvalue weighted by Gasteiger charge is -2.66. The maximum atomic E-state index is 14.2. The minimum absolute atomic E-state index is 0.0215. The van der Waals surface area contributed by atoms with Gasteiger partial charge in [0.2, 0.25) is 5.91 Å². The predicted molar refractivity (Wildman–Crippen MR) is 150 cm³/mol. The van der Waals surface area contributed by atoms with Crippen LogP contribution in [0.4, 0.5) is 0 Å². The zero-order chi connectivity index (χ0) is 30.4. The first-order valence-electron chi connectivity index (χ1n) is 14.4. The Bertz CT molecular complexity index is 1430. The van der Waals surface area contributed by atoms with Crippen LogP contribution in [0, 0.1) is 40.4 Å². The summed E-state index contributed by atoms with van der Waals surface area (Å²) in [4.78, 5) is 40.4. The second kappa shape index (κ2) is 9.51. The van der Waals surface area contributed by atoms with E-state index in [0.717, 1.165) is 12.2 Å². The van der Waals surface area contributed by atoms with Gasteiger partial charge in [0.15, 0.2) is 17.2 Å². The van der Waals surface area contributed by atoms with E-state index in [9.17, 15) is 34.8 Å². The van der Waals surface area contributed by atoms with Crippen LogP contribution in [-0.4, -0.2) is 55.7 Å². The molecule has 2 aromatic rings. The van der Waals surface area contributed by atoms with Crippen LogP contribution in [0.25, 0.3) is 11.3 Å². The number of Topliss-reactive ketones (excluding diaryl/α,β-unsaturated/α-hetero) is 2. The maximum absolute atomic E-state index is 14.2. The first-order chi connectivity index (χ1) is 19.0. The number of carbonyl (C=O) groups is 3. The Morgan fingerprint density at radius 2 is 1.76 bits per heavy atom. The lowest BCUT2D eigenvalue weighted by Crippen LogP contribution is -2.79. The molecule has 9 nitrogen and oxygen atoms in total. The van der Waals surface area contributed by atoms with Crippen molar-refractivity contribution in [2.24, 2.45) is 46.2 Å². The number of benzene rings is 1. The molecule has 0 bridgehead atoms. The standard InChI is InChI=1S/C32H41NO8/c1-14(2)11-16-7-10-20(41-16)17-8-9-19(34)21-18(17)12-30(5)13-31(6)23(15(3)4)26(36)22(29(33)39)27(37)32(31,40)28(38)24(30)25(21)35/h7-10,14-15,22-24,26,28,34,36,38,40H,11-13H2,1-6H3,(H2,33,39)/t22-,23+,24-,26?,28?,30-,31-,32+/m1/s1. The van der Waals surface area contributed by atoms with E-state index in [1.807, 2.05) is 32.9 Å². The Kier molecular flexibility index (Phi) is 6.84. The normalized spacial score (nSPS) is 36.7. The average Bonchev–Trinajstić information content (AvgIpc) is 3.28. The number of hydrogen-bond acceptors (Lipinski definition) is 8. The van der Waals surface area contributed by atoms with E-state index >= 15 is 0 Å². The molecule has 222 valence electrons. The summed E-state index contributed by atoms with van der Waals surface area (Å²) in [5.74, 6) is -5.39. The van der Waals surface area contributed by atoms with Crippen LogP contribution in [0.2, 0.25) is 0 Å². The van der Waals surface area contributed by atoms with Crippen molar-refractivity contribution in [1.82, 2.24) is 0 Å².